The van der Waals surface area contributed by atoms with Gasteiger partial charge < -0.3 is 0 Å². The first kappa shape index (κ1) is 28.0. The van der Waals surface area contributed by atoms with E-state index in [4.69, 9.17) is 13.1 Å². The van der Waals surface area contributed by atoms with E-state index in [-0.39, 0.29) is 27.9 Å². The second kappa shape index (κ2) is 12.1. The number of rotatable bonds is 4. The molecule has 186 valence electrons. The molecular formula is C32H14F2N6. The smallest absolute Gasteiger partial charge is 0.234 e. The minimum Gasteiger partial charge on any atom is -0.234 e. The molecule has 40 heavy (non-hydrogen) atoms. The van der Waals surface area contributed by atoms with Gasteiger partial charge in [-0.3, -0.25) is 0 Å². The van der Waals surface area contributed by atoms with Gasteiger partial charge in [-0.2, -0.15) is 15.8 Å². The van der Waals surface area contributed by atoms with Gasteiger partial charge >= 0.3 is 0 Å². The van der Waals surface area contributed by atoms with Crippen LogP contribution in [0, 0.1) is 58.5 Å². The minimum atomic E-state index is -1.22. The van der Waals surface area contributed by atoms with E-state index in [1.54, 1.807) is 54.6 Å². The molecule has 2 aliphatic carbocycles. The number of nitriles is 4. The zero-order valence-corrected chi connectivity index (χ0v) is 20.6. The predicted molar refractivity (Wildman–Crippen MR) is 144 cm³/mol. The highest BCUT2D eigenvalue weighted by Crippen LogP contribution is 2.51. The van der Waals surface area contributed by atoms with Crippen LogP contribution in [-0.4, -0.2) is 0 Å². The Balaban J connectivity index is 2.82. The number of hydrogen-bond donors (Lipinski definition) is 0. The van der Waals surface area contributed by atoms with Crippen molar-refractivity contribution in [1.82, 2.24) is 0 Å². The molecule has 0 spiro atoms. The maximum atomic E-state index is 16.1. The van der Waals surface area contributed by atoms with Gasteiger partial charge in [-0.05, 0) is 45.6 Å². The van der Waals surface area contributed by atoms with Crippen molar-refractivity contribution >= 4 is 5.57 Å². The van der Waals surface area contributed by atoms with Gasteiger partial charge in [0.1, 0.15) is 35.4 Å². The van der Waals surface area contributed by atoms with Gasteiger partial charge in [0.25, 0.3) is 5.70 Å². The molecule has 6 nitrogen and oxygen atoms in total. The highest BCUT2D eigenvalue weighted by molar-refractivity contribution is 5.95. The Hall–Kier alpha value is -6.58. The summed E-state index contributed by atoms with van der Waals surface area (Å²) in [6.45, 7) is 22.8. The second-order valence-electron chi connectivity index (χ2n) is 7.93. The molecule has 0 radical (unpaired) electrons. The van der Waals surface area contributed by atoms with E-state index in [0.29, 0.717) is 5.56 Å². The minimum absolute atomic E-state index is 0.00719. The average molecular weight is 521 g/mol. The monoisotopic (exact) mass is 520 g/mol. The van der Waals surface area contributed by atoms with E-state index in [1.165, 1.54) is 18.2 Å². The fourth-order valence-electron chi connectivity index (χ4n) is 4.06. The van der Waals surface area contributed by atoms with Crippen LogP contribution >= 0.6 is 0 Å². The first-order valence-corrected chi connectivity index (χ1v) is 11.2. The van der Waals surface area contributed by atoms with Crippen LogP contribution in [0.5, 0.6) is 0 Å². The van der Waals surface area contributed by atoms with E-state index in [9.17, 15) is 21.0 Å². The lowest BCUT2D eigenvalue weighted by Crippen LogP contribution is -2.01. The van der Waals surface area contributed by atoms with Crippen LogP contribution in [0.4, 0.5) is 8.78 Å². The van der Waals surface area contributed by atoms with Crippen LogP contribution in [-0.2, 0) is 0 Å². The third-order valence-electron chi connectivity index (χ3n) is 5.80. The normalized spacial score (nSPS) is 19.1. The van der Waals surface area contributed by atoms with Crippen LogP contribution in [0.15, 0.2) is 142 Å². The zero-order chi connectivity index (χ0) is 29.4. The van der Waals surface area contributed by atoms with Crippen LogP contribution in [0.25, 0.3) is 15.3 Å². The number of allylic oxidation sites excluding steroid dienone is 16. The molecular weight excluding hydrogens is 506 g/mol. The zero-order valence-electron chi connectivity index (χ0n) is 20.6. The summed E-state index contributed by atoms with van der Waals surface area (Å²) < 4.78 is 32.1. The van der Waals surface area contributed by atoms with Gasteiger partial charge in [0.05, 0.1) is 24.8 Å². The summed E-state index contributed by atoms with van der Waals surface area (Å²) in [7, 11) is 0. The standard InChI is InChI=1S/C32H14F2N6/c1-5-6-10-19(2)23-13-21(15-35)30(33)25(22(16-36)17-37)14-24(20-11-8-7-9-12-20)28-27(23)29(26(18-38)39-3)31(34)32(28)40-4/h5-14H,1-2H2/b10-6-,23-13?,24-14+,29-26-,30-21-. The molecule has 0 bridgehead atoms. The molecule has 8 heteroatoms. The molecule has 1 aromatic rings. The van der Waals surface area contributed by atoms with Crippen molar-refractivity contribution in [1.29, 1.82) is 21.0 Å². The van der Waals surface area contributed by atoms with E-state index in [1.807, 2.05) is 0 Å². The van der Waals surface area contributed by atoms with Crippen molar-refractivity contribution < 1.29 is 8.78 Å². The lowest BCUT2D eigenvalue weighted by atomic mass is 9.85. The predicted octanol–water partition coefficient (Wildman–Crippen LogP) is 7.51. The Labute approximate surface area is 229 Å². The quantitative estimate of drug-likeness (QED) is 0.233. The molecule has 0 aliphatic heterocycles. The molecule has 0 fully saturated rings. The number of hydrogen-bond acceptors (Lipinski definition) is 4. The molecule has 0 saturated carbocycles. The van der Waals surface area contributed by atoms with Crippen molar-refractivity contribution in [2.45, 2.75) is 0 Å². The second-order valence-corrected chi connectivity index (χ2v) is 7.93. The Bertz CT molecular complexity index is 1850. The van der Waals surface area contributed by atoms with E-state index in [2.05, 4.69) is 22.8 Å². The van der Waals surface area contributed by atoms with Crippen LogP contribution in [0.1, 0.15) is 5.56 Å². The summed E-state index contributed by atoms with van der Waals surface area (Å²) >= 11 is 0. The number of benzene rings is 1. The Morgan fingerprint density at radius 3 is 2.12 bits per heavy atom. The SMILES string of the molecule is [C-]#[N+]C1=C(F)/C(=C(/C#N)[N+]#[C-])C2=C1/C(c1ccccc1)=C/C(=C(C#N)C#N)/C(F)=C(/C#N)C=C2C(=C)/C=C\C=C. The highest BCUT2D eigenvalue weighted by Gasteiger charge is 2.38. The molecule has 0 unspecified atom stereocenters. The van der Waals surface area contributed by atoms with Crippen LogP contribution in [0.2, 0.25) is 0 Å². The van der Waals surface area contributed by atoms with Crippen molar-refractivity contribution in [2.24, 2.45) is 0 Å². The summed E-state index contributed by atoms with van der Waals surface area (Å²) in [5, 5.41) is 38.8. The molecule has 1 aromatic carbocycles. The summed E-state index contributed by atoms with van der Waals surface area (Å²) in [5.41, 5.74) is -3.59. The molecule has 0 atom stereocenters. The van der Waals surface area contributed by atoms with Gasteiger partial charge in [-0.25, -0.2) is 23.7 Å². The average Bonchev–Trinajstić information content (AvgIpc) is 3.28. The maximum absolute atomic E-state index is 16.1. The molecule has 3 rings (SSSR count). The molecule has 0 saturated heterocycles. The summed E-state index contributed by atoms with van der Waals surface area (Å²) in [6, 6.07) is 14.7. The lowest BCUT2D eigenvalue weighted by molar-refractivity contribution is 0.651. The van der Waals surface area contributed by atoms with Gasteiger partial charge in [0.15, 0.2) is 0 Å². The van der Waals surface area contributed by atoms with Crippen molar-refractivity contribution in [2.75, 3.05) is 0 Å². The maximum Gasteiger partial charge on any atom is 0.271 e. The van der Waals surface area contributed by atoms with Crippen molar-refractivity contribution in [3.05, 3.63) is 170 Å². The van der Waals surface area contributed by atoms with Crippen molar-refractivity contribution in [3.8, 4) is 24.3 Å². The first-order valence-electron chi connectivity index (χ1n) is 11.2. The fourth-order valence-corrected chi connectivity index (χ4v) is 4.06. The summed E-state index contributed by atoms with van der Waals surface area (Å²) in [5.74, 6) is -2.39. The largest absolute Gasteiger partial charge is 0.271 e. The molecule has 0 amide bonds. The van der Waals surface area contributed by atoms with Crippen molar-refractivity contribution in [3.63, 3.8) is 0 Å². The Kier molecular flexibility index (Phi) is 8.47. The Morgan fingerprint density at radius 1 is 0.925 bits per heavy atom. The van der Waals surface area contributed by atoms with Gasteiger partial charge in [-0.1, -0.05) is 61.7 Å². The van der Waals surface area contributed by atoms with Crippen LogP contribution in [0.3, 0.4) is 0 Å². The number of nitrogens with zero attached hydrogens (tertiary/aromatic N) is 6. The molecule has 0 aromatic heterocycles. The highest BCUT2D eigenvalue weighted by atomic mass is 19.1. The lowest BCUT2D eigenvalue weighted by Gasteiger charge is -2.18. The Morgan fingerprint density at radius 2 is 1.60 bits per heavy atom. The fraction of sp³-hybridized carbons (Fsp3) is 0. The van der Waals surface area contributed by atoms with Crippen LogP contribution < -0.4 is 0 Å². The van der Waals surface area contributed by atoms with E-state index in [0.717, 1.165) is 12.2 Å². The van der Waals surface area contributed by atoms with Gasteiger partial charge in [-0.15, -0.1) is 0 Å². The van der Waals surface area contributed by atoms with Gasteiger partial charge in [0.2, 0.25) is 5.70 Å². The van der Waals surface area contributed by atoms with Gasteiger partial charge in [0, 0.05) is 11.1 Å². The third kappa shape index (κ3) is 4.85. The summed E-state index contributed by atoms with van der Waals surface area (Å²) in [4.78, 5) is 6.51. The van der Waals surface area contributed by atoms with E-state index < -0.39 is 45.3 Å². The molecule has 0 N–H and O–H groups in total. The molecule has 2 aliphatic rings. The topological polar surface area (TPSA) is 104 Å². The van der Waals surface area contributed by atoms with E-state index >= 15 is 8.78 Å². The third-order valence-corrected chi connectivity index (χ3v) is 5.80. The first-order chi connectivity index (χ1) is 19.3. The summed E-state index contributed by atoms with van der Waals surface area (Å²) in [6.07, 6.45) is 6.43. The molecule has 0 heterocycles. The number of halogens is 2.